The van der Waals surface area contributed by atoms with Crippen LogP contribution < -0.4 is 0 Å². The van der Waals surface area contributed by atoms with Crippen molar-refractivity contribution < 1.29 is 14.4 Å². The topological polar surface area (TPSA) is 49.9 Å². The van der Waals surface area contributed by atoms with Crippen LogP contribution in [0.25, 0.3) is 0 Å². The van der Waals surface area contributed by atoms with E-state index in [4.69, 9.17) is 4.84 Å². The van der Waals surface area contributed by atoms with Crippen molar-refractivity contribution in [1.29, 1.82) is 0 Å². The molecule has 2 amide bonds. The minimum Gasteiger partial charge on any atom is -0.350 e. The van der Waals surface area contributed by atoms with Crippen LogP contribution >= 0.6 is 0 Å². The van der Waals surface area contributed by atoms with E-state index < -0.39 is 0 Å². The Bertz CT molecular complexity index is 228. The van der Waals surface area contributed by atoms with E-state index in [1.807, 2.05) is 0 Å². The van der Waals surface area contributed by atoms with Crippen LogP contribution in [0.3, 0.4) is 0 Å². The Labute approximate surface area is 78.0 Å². The number of hydrogen-bond acceptors (Lipinski definition) is 3. The summed E-state index contributed by atoms with van der Waals surface area (Å²) in [6.45, 7) is 1.03. The molecule has 0 radical (unpaired) electrons. The molecule has 1 rings (SSSR count). The minimum atomic E-state index is -0.0890. The summed E-state index contributed by atoms with van der Waals surface area (Å²) in [5.74, 6) is -0.141. The zero-order chi connectivity index (χ0) is 10.0. The van der Waals surface area contributed by atoms with Gasteiger partial charge in [0.15, 0.2) is 5.81 Å². The maximum atomic E-state index is 11.4. The van der Waals surface area contributed by atoms with Gasteiger partial charge in [0, 0.05) is 20.1 Å². The molecule has 0 aromatic heterocycles. The highest BCUT2D eigenvalue weighted by molar-refractivity contribution is 6.57. The quantitative estimate of drug-likeness (QED) is 0.395. The predicted octanol–water partition coefficient (Wildman–Crippen LogP) is -1.31. The molecule has 0 unspecified atom stereocenters. The van der Waals surface area contributed by atoms with Crippen LogP contribution in [-0.2, 0) is 9.63 Å². The molecule has 5 nitrogen and oxygen atoms in total. The fourth-order valence-electron chi connectivity index (χ4n) is 1.24. The summed E-state index contributed by atoms with van der Waals surface area (Å²) in [7, 11) is 4.51. The third-order valence-electron chi connectivity index (χ3n) is 2.26. The van der Waals surface area contributed by atoms with Crippen LogP contribution in [-0.4, -0.2) is 56.8 Å². The lowest BCUT2D eigenvalue weighted by Gasteiger charge is -2.39. The van der Waals surface area contributed by atoms with Crippen molar-refractivity contribution in [3.63, 3.8) is 0 Å². The number of carbonyl (C=O) groups is 2. The van der Waals surface area contributed by atoms with Gasteiger partial charge in [0.25, 0.3) is 5.91 Å². The van der Waals surface area contributed by atoms with E-state index in [0.717, 1.165) is 0 Å². The normalized spacial score (nSPS) is 16.6. The van der Waals surface area contributed by atoms with Gasteiger partial charge < -0.3 is 4.90 Å². The number of carbonyl (C=O) groups excluding carboxylic acids is 2. The van der Waals surface area contributed by atoms with Crippen LogP contribution in [0.1, 0.15) is 0 Å². The summed E-state index contributed by atoms with van der Waals surface area (Å²) in [5, 5.41) is 1.20. The Morgan fingerprint density at radius 3 is 2.46 bits per heavy atom. The van der Waals surface area contributed by atoms with Gasteiger partial charge in [-0.25, -0.2) is 5.06 Å². The highest BCUT2D eigenvalue weighted by atomic mass is 16.7. The Kier molecular flexibility index (Phi) is 2.92. The second-order valence-corrected chi connectivity index (χ2v) is 3.14. The standard InChI is InChI=1S/C7H13BN2O3/c1-9(13-2)6(11)5-3-10(4-5)7(8)12/h5H,3-4,8H2,1-2H3. The lowest BCUT2D eigenvalue weighted by molar-refractivity contribution is -0.177. The molecule has 72 valence electrons. The molecule has 0 aromatic rings. The van der Waals surface area contributed by atoms with E-state index in [-0.39, 0.29) is 17.6 Å². The highest BCUT2D eigenvalue weighted by Gasteiger charge is 2.35. The fraction of sp³-hybridized carbons (Fsp3) is 0.714. The molecular weight excluding hydrogens is 171 g/mol. The molecule has 0 N–H and O–H groups in total. The molecule has 0 aliphatic carbocycles. The number of nitrogens with zero attached hydrogens (tertiary/aromatic N) is 2. The summed E-state index contributed by atoms with van der Waals surface area (Å²) in [6.07, 6.45) is 0. The molecule has 6 heteroatoms. The Balaban J connectivity index is 2.35. The van der Waals surface area contributed by atoms with Crippen molar-refractivity contribution in [2.75, 3.05) is 27.2 Å². The molecule has 13 heavy (non-hydrogen) atoms. The summed E-state index contributed by atoms with van der Waals surface area (Å²) >= 11 is 0. The second kappa shape index (κ2) is 3.78. The molecule has 0 saturated carbocycles. The predicted molar refractivity (Wildman–Crippen MR) is 48.8 cm³/mol. The Hall–Kier alpha value is -1.04. The van der Waals surface area contributed by atoms with E-state index >= 15 is 0 Å². The molecule has 1 aliphatic heterocycles. The van der Waals surface area contributed by atoms with Gasteiger partial charge in [-0.05, 0) is 0 Å². The lowest BCUT2D eigenvalue weighted by atomic mass is 9.95. The smallest absolute Gasteiger partial charge is 0.252 e. The zero-order valence-corrected chi connectivity index (χ0v) is 8.11. The molecule has 1 saturated heterocycles. The largest absolute Gasteiger partial charge is 0.350 e. The van der Waals surface area contributed by atoms with E-state index in [0.29, 0.717) is 13.1 Å². The SMILES string of the molecule is BC(=O)N1CC(C(=O)N(C)OC)C1. The maximum absolute atomic E-state index is 11.4. The summed E-state index contributed by atoms with van der Waals surface area (Å²) in [6, 6.07) is 0. The van der Waals surface area contributed by atoms with Crippen molar-refractivity contribution in [3.05, 3.63) is 0 Å². The number of rotatable bonds is 2. The van der Waals surface area contributed by atoms with E-state index in [1.54, 1.807) is 11.9 Å². The van der Waals surface area contributed by atoms with Crippen molar-refractivity contribution in [2.24, 2.45) is 5.92 Å². The van der Waals surface area contributed by atoms with Gasteiger partial charge in [0.2, 0.25) is 7.85 Å². The van der Waals surface area contributed by atoms with Crippen molar-refractivity contribution in [3.8, 4) is 0 Å². The summed E-state index contributed by atoms with van der Waals surface area (Å²) < 4.78 is 0. The minimum absolute atomic E-state index is 0.0177. The molecule has 1 aliphatic rings. The van der Waals surface area contributed by atoms with Gasteiger partial charge in [-0.2, -0.15) is 0 Å². The first-order valence-corrected chi connectivity index (χ1v) is 4.13. The summed E-state index contributed by atoms with van der Waals surface area (Å²) in [4.78, 5) is 28.6. The van der Waals surface area contributed by atoms with Crippen molar-refractivity contribution in [2.45, 2.75) is 0 Å². The molecule has 1 heterocycles. The molecule has 0 aromatic carbocycles. The molecule has 0 atom stereocenters. The van der Waals surface area contributed by atoms with Gasteiger partial charge in [-0.15, -0.1) is 0 Å². The van der Waals surface area contributed by atoms with E-state index in [9.17, 15) is 9.59 Å². The van der Waals surface area contributed by atoms with Crippen LogP contribution in [0.15, 0.2) is 0 Å². The van der Waals surface area contributed by atoms with Gasteiger partial charge in [0.1, 0.15) is 0 Å². The first-order chi connectivity index (χ1) is 6.06. The number of hydrogen-bond donors (Lipinski definition) is 0. The lowest BCUT2D eigenvalue weighted by Crippen LogP contribution is -2.55. The van der Waals surface area contributed by atoms with Crippen molar-refractivity contribution >= 4 is 19.6 Å². The van der Waals surface area contributed by atoms with Crippen LogP contribution in [0, 0.1) is 5.92 Å². The highest BCUT2D eigenvalue weighted by Crippen LogP contribution is 2.17. The maximum Gasteiger partial charge on any atom is 0.252 e. The number of hydroxylamine groups is 2. The van der Waals surface area contributed by atoms with Crippen LogP contribution in [0.5, 0.6) is 0 Å². The van der Waals surface area contributed by atoms with Crippen molar-refractivity contribution in [1.82, 2.24) is 9.96 Å². The van der Waals surface area contributed by atoms with Crippen LogP contribution in [0.4, 0.5) is 4.79 Å². The van der Waals surface area contributed by atoms with E-state index in [2.05, 4.69) is 0 Å². The average molecular weight is 184 g/mol. The summed E-state index contributed by atoms with van der Waals surface area (Å²) in [5.41, 5.74) is 0. The second-order valence-electron chi connectivity index (χ2n) is 3.14. The molecule has 0 spiro atoms. The third-order valence-corrected chi connectivity index (χ3v) is 2.26. The Morgan fingerprint density at radius 2 is 2.08 bits per heavy atom. The van der Waals surface area contributed by atoms with Crippen LogP contribution in [0.2, 0.25) is 0 Å². The van der Waals surface area contributed by atoms with Gasteiger partial charge >= 0.3 is 0 Å². The van der Waals surface area contributed by atoms with Gasteiger partial charge in [-0.1, -0.05) is 0 Å². The molecule has 0 bridgehead atoms. The fourth-order valence-corrected chi connectivity index (χ4v) is 1.24. The average Bonchev–Trinajstić information content (AvgIpc) is 1.99. The van der Waals surface area contributed by atoms with Gasteiger partial charge in [0.05, 0.1) is 13.0 Å². The Morgan fingerprint density at radius 1 is 1.54 bits per heavy atom. The van der Waals surface area contributed by atoms with Gasteiger partial charge in [-0.3, -0.25) is 14.4 Å². The molecular formula is C7H13BN2O3. The number of likely N-dealkylation sites (tertiary alicyclic amines) is 1. The first kappa shape index (κ1) is 10.0. The van der Waals surface area contributed by atoms with E-state index in [1.165, 1.54) is 20.0 Å². The molecule has 1 fully saturated rings. The zero-order valence-electron chi connectivity index (χ0n) is 8.11. The third kappa shape index (κ3) is 2.00. The number of amides is 2. The monoisotopic (exact) mass is 184 g/mol. The first-order valence-electron chi connectivity index (χ1n) is 4.13.